The van der Waals surface area contributed by atoms with Crippen LogP contribution in [0.1, 0.15) is 88.4 Å². The summed E-state index contributed by atoms with van der Waals surface area (Å²) in [4.78, 5) is 16.2. The standard InChI is InChI=1S/C31H41NO5S2/c1-35-25-17-23(18-26(20-25)36-2)27-19-22(13-12-16-33)28(37-27)21-29-30(34)32(31(38)39-29)24-14-10-8-6-4-3-5-7-9-11-15-24/h17-21,24,33H,3-16H2,1-2H3. The number of aryl methyl sites for hydroxylation is 1. The molecule has 0 bridgehead atoms. The molecule has 1 amide bonds. The van der Waals surface area contributed by atoms with Crippen LogP contribution < -0.4 is 9.47 Å². The van der Waals surface area contributed by atoms with Crippen molar-refractivity contribution in [1.82, 2.24) is 4.90 Å². The van der Waals surface area contributed by atoms with Crippen LogP contribution >= 0.6 is 24.0 Å². The average molecular weight is 572 g/mol. The van der Waals surface area contributed by atoms with Gasteiger partial charge in [-0.1, -0.05) is 81.8 Å². The number of aliphatic hydroxyl groups excluding tert-OH is 1. The number of thioether (sulfide) groups is 1. The normalized spacial score (nSPS) is 19.3. The SMILES string of the molecule is COc1cc(OC)cc(-c2cc(CCCO)c(C=C3SC(=S)N(C4CCCCCCCCCCC4)C3=O)o2)c1. The van der Waals surface area contributed by atoms with Crippen LogP contribution in [-0.4, -0.2) is 47.1 Å². The molecule has 2 aromatic rings. The number of ether oxygens (including phenoxy) is 2. The second-order valence-corrected chi connectivity index (χ2v) is 12.1. The van der Waals surface area contributed by atoms with Gasteiger partial charge >= 0.3 is 0 Å². The van der Waals surface area contributed by atoms with Crippen molar-refractivity contribution in [1.29, 1.82) is 0 Å². The highest BCUT2D eigenvalue weighted by Gasteiger charge is 2.37. The van der Waals surface area contributed by atoms with E-state index in [4.69, 9.17) is 26.1 Å². The number of carbonyl (C=O) groups excluding carboxylic acids is 1. The summed E-state index contributed by atoms with van der Waals surface area (Å²) in [6.45, 7) is 0.0801. The van der Waals surface area contributed by atoms with Crippen molar-refractivity contribution in [2.45, 2.75) is 89.5 Å². The molecule has 1 saturated carbocycles. The molecule has 1 saturated heterocycles. The number of furan rings is 1. The lowest BCUT2D eigenvalue weighted by Gasteiger charge is -2.27. The van der Waals surface area contributed by atoms with Crippen molar-refractivity contribution in [3.63, 3.8) is 0 Å². The number of hydrogen-bond acceptors (Lipinski definition) is 7. The average Bonchev–Trinajstić information content (AvgIpc) is 3.47. The number of aliphatic hydroxyl groups is 1. The number of thiocarbonyl (C=S) groups is 1. The smallest absolute Gasteiger partial charge is 0.266 e. The van der Waals surface area contributed by atoms with Gasteiger partial charge in [0.1, 0.15) is 27.3 Å². The van der Waals surface area contributed by atoms with Crippen LogP contribution in [0.4, 0.5) is 0 Å². The molecule has 212 valence electrons. The molecular weight excluding hydrogens is 530 g/mol. The Balaban J connectivity index is 1.59. The van der Waals surface area contributed by atoms with Gasteiger partial charge in [-0.2, -0.15) is 0 Å². The number of hydrogen-bond donors (Lipinski definition) is 1. The molecule has 4 rings (SSSR count). The predicted octanol–water partition coefficient (Wildman–Crippen LogP) is 7.76. The minimum Gasteiger partial charge on any atom is -0.497 e. The van der Waals surface area contributed by atoms with E-state index in [2.05, 4.69) is 0 Å². The molecule has 8 heteroatoms. The van der Waals surface area contributed by atoms with Crippen molar-refractivity contribution >= 4 is 40.3 Å². The minimum absolute atomic E-state index is 0.0174. The molecule has 0 unspecified atom stereocenters. The molecule has 2 aliphatic rings. The van der Waals surface area contributed by atoms with Crippen molar-refractivity contribution in [3.05, 3.63) is 40.5 Å². The maximum atomic E-state index is 13.7. The lowest BCUT2D eigenvalue weighted by atomic mass is 9.97. The summed E-state index contributed by atoms with van der Waals surface area (Å²) in [6, 6.07) is 7.73. The molecule has 1 aromatic heterocycles. The van der Waals surface area contributed by atoms with Gasteiger partial charge in [0.05, 0.1) is 19.1 Å². The molecule has 1 aliphatic heterocycles. The number of nitrogens with zero attached hydrogens (tertiary/aromatic N) is 1. The fourth-order valence-corrected chi connectivity index (χ4v) is 6.81. The minimum atomic E-state index is -0.0174. The second-order valence-electron chi connectivity index (χ2n) is 10.4. The van der Waals surface area contributed by atoms with Gasteiger partial charge in [0.2, 0.25) is 0 Å². The lowest BCUT2D eigenvalue weighted by Crippen LogP contribution is -2.38. The number of rotatable bonds is 8. The fourth-order valence-electron chi connectivity index (χ4n) is 5.44. The van der Waals surface area contributed by atoms with Gasteiger partial charge in [-0.05, 0) is 49.4 Å². The Hall–Kier alpha value is -2.29. The Kier molecular flexibility index (Phi) is 11.4. The van der Waals surface area contributed by atoms with Gasteiger partial charge in [0, 0.05) is 30.4 Å². The lowest BCUT2D eigenvalue weighted by molar-refractivity contribution is -0.123. The summed E-state index contributed by atoms with van der Waals surface area (Å²) < 4.78 is 17.8. The van der Waals surface area contributed by atoms with Crippen molar-refractivity contribution < 1.29 is 23.8 Å². The van der Waals surface area contributed by atoms with E-state index < -0.39 is 0 Å². The summed E-state index contributed by atoms with van der Waals surface area (Å²) in [7, 11) is 3.23. The maximum absolute atomic E-state index is 13.7. The van der Waals surface area contributed by atoms with E-state index >= 15 is 0 Å². The third-order valence-electron chi connectivity index (χ3n) is 7.61. The predicted molar refractivity (Wildman–Crippen MR) is 162 cm³/mol. The quantitative estimate of drug-likeness (QED) is 0.256. The van der Waals surface area contributed by atoms with Crippen molar-refractivity contribution in [2.24, 2.45) is 0 Å². The highest BCUT2D eigenvalue weighted by Crippen LogP contribution is 2.39. The van der Waals surface area contributed by atoms with Crippen LogP contribution in [0.5, 0.6) is 11.5 Å². The van der Waals surface area contributed by atoms with Crippen molar-refractivity contribution in [3.8, 4) is 22.8 Å². The van der Waals surface area contributed by atoms with Gasteiger partial charge in [-0.3, -0.25) is 9.69 Å². The van der Waals surface area contributed by atoms with Gasteiger partial charge in [0.15, 0.2) is 0 Å². The summed E-state index contributed by atoms with van der Waals surface area (Å²) in [5.41, 5.74) is 1.76. The first kappa shape index (κ1) is 29.7. The first-order chi connectivity index (χ1) is 19.0. The van der Waals surface area contributed by atoms with Crippen LogP contribution in [0, 0.1) is 0 Å². The largest absolute Gasteiger partial charge is 0.497 e. The Morgan fingerprint density at radius 3 is 2.13 bits per heavy atom. The van der Waals surface area contributed by atoms with E-state index in [9.17, 15) is 9.90 Å². The van der Waals surface area contributed by atoms with Crippen LogP contribution in [0.3, 0.4) is 0 Å². The van der Waals surface area contributed by atoms with Crippen LogP contribution in [-0.2, 0) is 11.2 Å². The number of amides is 1. The molecule has 0 spiro atoms. The second kappa shape index (κ2) is 14.9. The zero-order valence-corrected chi connectivity index (χ0v) is 24.8. The number of carbonyl (C=O) groups is 1. The highest BCUT2D eigenvalue weighted by atomic mass is 32.2. The first-order valence-electron chi connectivity index (χ1n) is 14.3. The molecular formula is C31H41NO5S2. The molecule has 6 nitrogen and oxygen atoms in total. The monoisotopic (exact) mass is 571 g/mol. The fraction of sp³-hybridized carbons (Fsp3) is 0.548. The zero-order chi connectivity index (χ0) is 27.6. The Bertz CT molecular complexity index is 1120. The van der Waals surface area contributed by atoms with Gasteiger partial charge < -0.3 is 19.0 Å². The molecule has 1 aliphatic carbocycles. The van der Waals surface area contributed by atoms with Gasteiger partial charge in [0.25, 0.3) is 5.91 Å². The molecule has 1 N–H and O–H groups in total. The van der Waals surface area contributed by atoms with Crippen molar-refractivity contribution in [2.75, 3.05) is 20.8 Å². The summed E-state index contributed by atoms with van der Waals surface area (Å²) in [6.07, 6.45) is 16.3. The van der Waals surface area contributed by atoms with Gasteiger partial charge in [-0.15, -0.1) is 0 Å². The van der Waals surface area contributed by atoms with Gasteiger partial charge in [-0.25, -0.2) is 0 Å². The third kappa shape index (κ3) is 7.89. The first-order valence-corrected chi connectivity index (χ1v) is 15.5. The van der Waals surface area contributed by atoms with Crippen LogP contribution in [0.15, 0.2) is 33.6 Å². The molecule has 2 fully saturated rings. The van der Waals surface area contributed by atoms with Crippen LogP contribution in [0.25, 0.3) is 17.4 Å². The maximum Gasteiger partial charge on any atom is 0.266 e. The summed E-state index contributed by atoms with van der Waals surface area (Å²) in [5, 5.41) is 9.47. The van der Waals surface area contributed by atoms with E-state index in [1.54, 1.807) is 14.2 Å². The molecule has 0 atom stereocenters. The molecule has 1 aromatic carbocycles. The summed E-state index contributed by atoms with van der Waals surface area (Å²) >= 11 is 7.12. The zero-order valence-electron chi connectivity index (χ0n) is 23.2. The van der Waals surface area contributed by atoms with E-state index in [1.165, 1.54) is 56.7 Å². The van der Waals surface area contributed by atoms with E-state index in [-0.39, 0.29) is 18.6 Å². The topological polar surface area (TPSA) is 72.1 Å². The van der Waals surface area contributed by atoms with E-state index in [0.717, 1.165) is 36.8 Å². The number of benzene rings is 1. The summed E-state index contributed by atoms with van der Waals surface area (Å²) in [5.74, 6) is 2.59. The van der Waals surface area contributed by atoms with E-state index in [0.29, 0.717) is 45.1 Å². The molecule has 39 heavy (non-hydrogen) atoms. The van der Waals surface area contributed by atoms with Crippen LogP contribution in [0.2, 0.25) is 0 Å². The Morgan fingerprint density at radius 2 is 1.56 bits per heavy atom. The Labute approximate surface area is 242 Å². The number of methoxy groups -OCH3 is 2. The van der Waals surface area contributed by atoms with E-state index in [1.807, 2.05) is 35.2 Å². The third-order valence-corrected chi connectivity index (χ3v) is 8.94. The highest BCUT2D eigenvalue weighted by molar-refractivity contribution is 8.26. The molecule has 2 heterocycles. The Morgan fingerprint density at radius 1 is 0.974 bits per heavy atom. The molecule has 0 radical (unpaired) electrons.